The molecule has 3 nitrogen and oxygen atoms in total. The lowest BCUT2D eigenvalue weighted by Crippen LogP contribution is -2.17. The van der Waals surface area contributed by atoms with Crippen molar-refractivity contribution in [1.82, 2.24) is 0 Å². The minimum atomic E-state index is -1.25. The van der Waals surface area contributed by atoms with E-state index in [1.165, 1.54) is 0 Å². The largest absolute Gasteiger partial charge is 0.481 e. The minimum Gasteiger partial charge on any atom is -0.481 e. The third-order valence-corrected chi connectivity index (χ3v) is 3.27. The number of aryl methyl sites for hydroxylation is 1. The van der Waals surface area contributed by atoms with Gasteiger partial charge in [-0.15, -0.1) is 0 Å². The van der Waals surface area contributed by atoms with Crippen LogP contribution in [-0.2, 0) is 11.2 Å². The first-order valence-electron chi connectivity index (χ1n) is 7.22. The summed E-state index contributed by atoms with van der Waals surface area (Å²) < 4.78 is 13.9. The molecule has 2 atom stereocenters. The van der Waals surface area contributed by atoms with E-state index in [9.17, 15) is 14.3 Å². The monoisotopic (exact) mass is 294 g/mol. The SMILES string of the molecule is CC(C)C[C@H](/C=C(\F)[C@@H](O)CCc1ccccc1)C(=O)O. The van der Waals surface area contributed by atoms with E-state index in [1.54, 1.807) is 0 Å². The van der Waals surface area contributed by atoms with Crippen molar-refractivity contribution in [3.8, 4) is 0 Å². The summed E-state index contributed by atoms with van der Waals surface area (Å²) in [5.74, 6) is -2.55. The molecule has 0 unspecified atom stereocenters. The lowest BCUT2D eigenvalue weighted by atomic mass is 9.95. The van der Waals surface area contributed by atoms with Gasteiger partial charge in [0.05, 0.1) is 5.92 Å². The van der Waals surface area contributed by atoms with Gasteiger partial charge in [-0.2, -0.15) is 0 Å². The number of hydrogen-bond acceptors (Lipinski definition) is 2. The maximum atomic E-state index is 13.9. The molecule has 0 spiro atoms. The van der Waals surface area contributed by atoms with E-state index < -0.39 is 23.8 Å². The minimum absolute atomic E-state index is 0.150. The molecule has 4 heteroatoms. The van der Waals surface area contributed by atoms with E-state index in [4.69, 9.17) is 5.11 Å². The van der Waals surface area contributed by atoms with Gasteiger partial charge >= 0.3 is 5.97 Å². The predicted molar refractivity (Wildman–Crippen MR) is 80.5 cm³/mol. The molecule has 0 amide bonds. The smallest absolute Gasteiger partial charge is 0.310 e. The number of carboxylic acid groups (broad SMARTS) is 1. The molecule has 21 heavy (non-hydrogen) atoms. The summed E-state index contributed by atoms with van der Waals surface area (Å²) in [7, 11) is 0. The first-order chi connectivity index (χ1) is 9.90. The molecular weight excluding hydrogens is 271 g/mol. The molecule has 116 valence electrons. The normalized spacial score (nSPS) is 15.0. The number of hydrogen-bond donors (Lipinski definition) is 2. The highest BCUT2D eigenvalue weighted by atomic mass is 19.1. The number of aliphatic hydroxyl groups is 1. The highest BCUT2D eigenvalue weighted by Crippen LogP contribution is 2.19. The number of carbonyl (C=O) groups is 1. The van der Waals surface area contributed by atoms with E-state index in [2.05, 4.69) is 0 Å². The zero-order valence-corrected chi connectivity index (χ0v) is 12.5. The number of benzene rings is 1. The first-order valence-corrected chi connectivity index (χ1v) is 7.22. The Hall–Kier alpha value is -1.68. The van der Waals surface area contributed by atoms with Crippen LogP contribution in [-0.4, -0.2) is 22.3 Å². The molecule has 0 saturated heterocycles. The number of aliphatic hydroxyl groups excluding tert-OH is 1. The second-order valence-corrected chi connectivity index (χ2v) is 5.67. The summed E-state index contributed by atoms with van der Waals surface area (Å²) in [5.41, 5.74) is 1.02. The van der Waals surface area contributed by atoms with Gasteiger partial charge in [-0.05, 0) is 36.8 Å². The summed E-state index contributed by atoms with van der Waals surface area (Å²) in [6.07, 6.45) is 0.928. The number of carboxylic acids is 1. The Kier molecular flexibility index (Phi) is 7.09. The van der Waals surface area contributed by atoms with Crippen LogP contribution >= 0.6 is 0 Å². The van der Waals surface area contributed by atoms with Crippen LogP contribution in [0.25, 0.3) is 0 Å². The summed E-state index contributed by atoms with van der Waals surface area (Å²) >= 11 is 0. The Bertz CT molecular complexity index is 468. The number of halogens is 1. The van der Waals surface area contributed by atoms with E-state index >= 15 is 0 Å². The molecule has 1 aromatic rings. The van der Waals surface area contributed by atoms with Gasteiger partial charge in [0, 0.05) is 0 Å². The molecule has 0 radical (unpaired) electrons. The number of rotatable bonds is 8. The number of aliphatic carboxylic acids is 1. The maximum absolute atomic E-state index is 13.9. The zero-order chi connectivity index (χ0) is 15.8. The van der Waals surface area contributed by atoms with Gasteiger partial charge < -0.3 is 10.2 Å². The van der Waals surface area contributed by atoms with Crippen LogP contribution in [0.5, 0.6) is 0 Å². The van der Waals surface area contributed by atoms with Crippen molar-refractivity contribution in [1.29, 1.82) is 0 Å². The van der Waals surface area contributed by atoms with Crippen molar-refractivity contribution in [2.24, 2.45) is 11.8 Å². The molecule has 0 heterocycles. The van der Waals surface area contributed by atoms with Gasteiger partial charge in [0.15, 0.2) is 0 Å². The third kappa shape index (κ3) is 6.54. The quantitative estimate of drug-likeness (QED) is 0.770. The van der Waals surface area contributed by atoms with E-state index in [1.807, 2.05) is 44.2 Å². The molecule has 1 aromatic carbocycles. The maximum Gasteiger partial charge on any atom is 0.310 e. The lowest BCUT2D eigenvalue weighted by molar-refractivity contribution is -0.140. The van der Waals surface area contributed by atoms with Gasteiger partial charge in [-0.25, -0.2) is 4.39 Å². The Balaban J connectivity index is 2.60. The summed E-state index contributed by atoms with van der Waals surface area (Å²) in [5, 5.41) is 18.9. The second-order valence-electron chi connectivity index (χ2n) is 5.67. The van der Waals surface area contributed by atoms with Gasteiger partial charge in [-0.1, -0.05) is 44.2 Å². The van der Waals surface area contributed by atoms with E-state index in [-0.39, 0.29) is 12.3 Å². The second kappa shape index (κ2) is 8.57. The standard InChI is InChI=1S/C17H23FO3/c1-12(2)10-14(17(20)21)11-15(18)16(19)9-8-13-6-4-3-5-7-13/h3-7,11-12,14,16,19H,8-10H2,1-2H3,(H,20,21)/b15-11-/t14-,16+/m1/s1. The Labute approximate surface area is 125 Å². The van der Waals surface area contributed by atoms with Crippen molar-refractivity contribution in [2.45, 2.75) is 39.2 Å². The fourth-order valence-corrected chi connectivity index (χ4v) is 2.14. The fraction of sp³-hybridized carbons (Fsp3) is 0.471. The van der Waals surface area contributed by atoms with Crippen LogP contribution < -0.4 is 0 Å². The van der Waals surface area contributed by atoms with Gasteiger partial charge in [0.2, 0.25) is 0 Å². The average molecular weight is 294 g/mol. The predicted octanol–water partition coefficient (Wildman–Crippen LogP) is 3.58. The molecule has 0 bridgehead atoms. The van der Waals surface area contributed by atoms with Gasteiger partial charge in [0.25, 0.3) is 0 Å². The Morgan fingerprint density at radius 3 is 2.43 bits per heavy atom. The molecule has 1 rings (SSSR count). The van der Waals surface area contributed by atoms with E-state index in [0.717, 1.165) is 11.6 Å². The van der Waals surface area contributed by atoms with Crippen molar-refractivity contribution in [3.05, 3.63) is 47.8 Å². The summed E-state index contributed by atoms with van der Waals surface area (Å²) in [6.45, 7) is 3.76. The first kappa shape index (κ1) is 17.4. The van der Waals surface area contributed by atoms with Crippen molar-refractivity contribution < 1.29 is 19.4 Å². The molecule has 2 N–H and O–H groups in total. The third-order valence-electron chi connectivity index (χ3n) is 3.27. The van der Waals surface area contributed by atoms with Gasteiger partial charge in [0.1, 0.15) is 11.9 Å². The van der Waals surface area contributed by atoms with Crippen LogP contribution in [0.4, 0.5) is 4.39 Å². The van der Waals surface area contributed by atoms with Crippen molar-refractivity contribution in [2.75, 3.05) is 0 Å². The van der Waals surface area contributed by atoms with Crippen molar-refractivity contribution >= 4 is 5.97 Å². The van der Waals surface area contributed by atoms with Crippen LogP contribution in [0.2, 0.25) is 0 Å². The molecule has 0 aliphatic heterocycles. The van der Waals surface area contributed by atoms with E-state index in [0.29, 0.717) is 12.8 Å². The molecule has 0 saturated carbocycles. The van der Waals surface area contributed by atoms with Crippen LogP contribution in [0.3, 0.4) is 0 Å². The average Bonchev–Trinajstić information content (AvgIpc) is 2.44. The molecule has 0 aromatic heterocycles. The molecule has 0 aliphatic rings. The molecule has 0 aliphatic carbocycles. The Morgan fingerprint density at radius 1 is 1.29 bits per heavy atom. The molecule has 0 fully saturated rings. The highest BCUT2D eigenvalue weighted by molar-refractivity contribution is 5.72. The van der Waals surface area contributed by atoms with Crippen LogP contribution in [0, 0.1) is 11.8 Å². The summed E-state index contributed by atoms with van der Waals surface area (Å²) in [6, 6.07) is 9.48. The van der Waals surface area contributed by atoms with Crippen LogP contribution in [0.15, 0.2) is 42.2 Å². The Morgan fingerprint density at radius 2 is 1.90 bits per heavy atom. The topological polar surface area (TPSA) is 57.5 Å². The van der Waals surface area contributed by atoms with Crippen molar-refractivity contribution in [3.63, 3.8) is 0 Å². The van der Waals surface area contributed by atoms with Gasteiger partial charge in [-0.3, -0.25) is 4.79 Å². The fourth-order valence-electron chi connectivity index (χ4n) is 2.14. The summed E-state index contributed by atoms with van der Waals surface area (Å²) in [4.78, 5) is 11.1. The molecular formula is C17H23FO3. The highest BCUT2D eigenvalue weighted by Gasteiger charge is 2.20. The van der Waals surface area contributed by atoms with Crippen LogP contribution in [0.1, 0.15) is 32.3 Å². The lowest BCUT2D eigenvalue weighted by Gasteiger charge is -2.13. The zero-order valence-electron chi connectivity index (χ0n) is 12.5.